The SMILES string of the molecule is CCCN(Cc1cccn1C)C(=O)c1ccccc1F. The van der Waals surface area contributed by atoms with Crippen LogP contribution in [0.5, 0.6) is 0 Å². The number of benzene rings is 1. The summed E-state index contributed by atoms with van der Waals surface area (Å²) in [4.78, 5) is 14.2. The highest BCUT2D eigenvalue weighted by atomic mass is 19.1. The Bertz CT molecular complexity index is 592. The van der Waals surface area contributed by atoms with Crippen LogP contribution in [0.25, 0.3) is 0 Å². The molecule has 0 saturated carbocycles. The van der Waals surface area contributed by atoms with Crippen LogP contribution in [0.3, 0.4) is 0 Å². The second kappa shape index (κ2) is 6.37. The molecule has 20 heavy (non-hydrogen) atoms. The van der Waals surface area contributed by atoms with Crippen molar-refractivity contribution < 1.29 is 9.18 Å². The summed E-state index contributed by atoms with van der Waals surface area (Å²) in [7, 11) is 1.94. The molecule has 1 amide bonds. The lowest BCUT2D eigenvalue weighted by molar-refractivity contribution is 0.0735. The van der Waals surface area contributed by atoms with Gasteiger partial charge in [0.25, 0.3) is 5.91 Å². The molecule has 2 rings (SSSR count). The van der Waals surface area contributed by atoms with Crippen LogP contribution in [-0.4, -0.2) is 21.9 Å². The summed E-state index contributed by atoms with van der Waals surface area (Å²) >= 11 is 0. The van der Waals surface area contributed by atoms with E-state index in [1.165, 1.54) is 12.1 Å². The number of carbonyl (C=O) groups excluding carboxylic acids is 1. The van der Waals surface area contributed by atoms with Gasteiger partial charge in [0.15, 0.2) is 0 Å². The molecule has 0 unspecified atom stereocenters. The minimum Gasteiger partial charge on any atom is -0.353 e. The van der Waals surface area contributed by atoms with Crippen molar-refractivity contribution in [3.05, 3.63) is 59.7 Å². The molecule has 0 atom stereocenters. The van der Waals surface area contributed by atoms with Crippen molar-refractivity contribution in [3.63, 3.8) is 0 Å². The molecule has 0 saturated heterocycles. The fourth-order valence-electron chi connectivity index (χ4n) is 2.18. The molecule has 1 aromatic carbocycles. The van der Waals surface area contributed by atoms with Crippen molar-refractivity contribution in [1.29, 1.82) is 0 Å². The predicted molar refractivity (Wildman–Crippen MR) is 76.8 cm³/mol. The maximum Gasteiger partial charge on any atom is 0.257 e. The highest BCUT2D eigenvalue weighted by molar-refractivity contribution is 5.94. The van der Waals surface area contributed by atoms with E-state index < -0.39 is 5.82 Å². The Morgan fingerprint density at radius 1 is 1.25 bits per heavy atom. The monoisotopic (exact) mass is 274 g/mol. The van der Waals surface area contributed by atoms with E-state index in [1.807, 2.05) is 36.9 Å². The first-order valence-corrected chi connectivity index (χ1v) is 6.77. The van der Waals surface area contributed by atoms with Crippen LogP contribution in [-0.2, 0) is 13.6 Å². The molecule has 0 fully saturated rings. The van der Waals surface area contributed by atoms with Crippen LogP contribution < -0.4 is 0 Å². The summed E-state index contributed by atoms with van der Waals surface area (Å²) < 4.78 is 15.7. The number of rotatable bonds is 5. The Morgan fingerprint density at radius 3 is 2.60 bits per heavy atom. The summed E-state index contributed by atoms with van der Waals surface area (Å²) in [5, 5.41) is 0. The van der Waals surface area contributed by atoms with Crippen molar-refractivity contribution >= 4 is 5.91 Å². The van der Waals surface area contributed by atoms with E-state index in [9.17, 15) is 9.18 Å². The van der Waals surface area contributed by atoms with Crippen molar-refractivity contribution in [1.82, 2.24) is 9.47 Å². The van der Waals surface area contributed by atoms with E-state index in [1.54, 1.807) is 17.0 Å². The number of aromatic nitrogens is 1. The molecule has 4 heteroatoms. The number of halogens is 1. The van der Waals surface area contributed by atoms with Crippen molar-refractivity contribution in [3.8, 4) is 0 Å². The molecule has 0 radical (unpaired) electrons. The first kappa shape index (κ1) is 14.3. The van der Waals surface area contributed by atoms with E-state index in [2.05, 4.69) is 0 Å². The molecule has 0 aliphatic heterocycles. The zero-order valence-electron chi connectivity index (χ0n) is 11.8. The van der Waals surface area contributed by atoms with Gasteiger partial charge < -0.3 is 9.47 Å². The van der Waals surface area contributed by atoms with Gasteiger partial charge in [-0.05, 0) is 30.7 Å². The Morgan fingerprint density at radius 2 is 2.00 bits per heavy atom. The maximum absolute atomic E-state index is 13.7. The van der Waals surface area contributed by atoms with Crippen LogP contribution in [0.1, 0.15) is 29.4 Å². The highest BCUT2D eigenvalue weighted by Crippen LogP contribution is 2.13. The molecule has 3 nitrogen and oxygen atoms in total. The second-order valence-electron chi connectivity index (χ2n) is 4.82. The first-order chi connectivity index (χ1) is 9.63. The lowest BCUT2D eigenvalue weighted by Crippen LogP contribution is -2.32. The molecule has 0 aliphatic rings. The van der Waals surface area contributed by atoms with Crippen LogP contribution in [0.15, 0.2) is 42.6 Å². The number of aryl methyl sites for hydroxylation is 1. The zero-order valence-corrected chi connectivity index (χ0v) is 11.8. The molecular weight excluding hydrogens is 255 g/mol. The van der Waals surface area contributed by atoms with Gasteiger partial charge in [0, 0.05) is 25.5 Å². The third kappa shape index (κ3) is 3.07. The molecule has 0 N–H and O–H groups in total. The van der Waals surface area contributed by atoms with Crippen molar-refractivity contribution in [2.45, 2.75) is 19.9 Å². The number of nitrogens with zero attached hydrogens (tertiary/aromatic N) is 2. The third-order valence-corrected chi connectivity index (χ3v) is 3.29. The minimum atomic E-state index is -0.467. The van der Waals surface area contributed by atoms with E-state index in [0.717, 1.165) is 12.1 Å². The summed E-state index contributed by atoms with van der Waals surface area (Å²) in [6, 6.07) is 10.0. The average molecular weight is 274 g/mol. The molecular formula is C16H19FN2O. The minimum absolute atomic E-state index is 0.134. The Kier molecular flexibility index (Phi) is 4.56. The molecule has 0 spiro atoms. The molecule has 106 valence electrons. The quantitative estimate of drug-likeness (QED) is 0.822. The molecule has 0 bridgehead atoms. The Balaban J connectivity index is 2.22. The largest absolute Gasteiger partial charge is 0.353 e. The van der Waals surface area contributed by atoms with E-state index in [0.29, 0.717) is 13.1 Å². The van der Waals surface area contributed by atoms with Gasteiger partial charge in [0.2, 0.25) is 0 Å². The lowest BCUT2D eigenvalue weighted by Gasteiger charge is -2.22. The molecule has 1 heterocycles. The number of hydrogen-bond donors (Lipinski definition) is 0. The van der Waals surface area contributed by atoms with E-state index >= 15 is 0 Å². The standard InChI is InChI=1S/C16H19FN2O/c1-3-10-19(12-13-7-6-11-18(13)2)16(20)14-8-4-5-9-15(14)17/h4-9,11H,3,10,12H2,1-2H3. The topological polar surface area (TPSA) is 25.2 Å². The summed E-state index contributed by atoms with van der Waals surface area (Å²) in [5.41, 5.74) is 1.17. The lowest BCUT2D eigenvalue weighted by atomic mass is 10.1. The first-order valence-electron chi connectivity index (χ1n) is 6.77. The van der Waals surface area contributed by atoms with Gasteiger partial charge in [-0.3, -0.25) is 4.79 Å². The van der Waals surface area contributed by atoms with Crippen LogP contribution in [0.4, 0.5) is 4.39 Å². The maximum atomic E-state index is 13.7. The normalized spacial score (nSPS) is 10.6. The second-order valence-corrected chi connectivity index (χ2v) is 4.82. The summed E-state index contributed by atoms with van der Waals surface area (Å²) in [6.07, 6.45) is 2.78. The van der Waals surface area contributed by atoms with Gasteiger partial charge in [0.1, 0.15) is 5.82 Å². The van der Waals surface area contributed by atoms with Crippen LogP contribution >= 0.6 is 0 Å². The van der Waals surface area contributed by atoms with Gasteiger partial charge in [-0.2, -0.15) is 0 Å². The van der Waals surface area contributed by atoms with Gasteiger partial charge in [-0.1, -0.05) is 19.1 Å². The van der Waals surface area contributed by atoms with Gasteiger partial charge in [-0.15, -0.1) is 0 Å². The number of carbonyl (C=O) groups is 1. The Hall–Kier alpha value is -2.10. The van der Waals surface area contributed by atoms with Gasteiger partial charge >= 0.3 is 0 Å². The number of amides is 1. The fourth-order valence-corrected chi connectivity index (χ4v) is 2.18. The van der Waals surface area contributed by atoms with E-state index in [4.69, 9.17) is 0 Å². The summed E-state index contributed by atoms with van der Waals surface area (Å²) in [6.45, 7) is 3.11. The average Bonchev–Trinajstić information content (AvgIpc) is 2.84. The van der Waals surface area contributed by atoms with Crippen LogP contribution in [0, 0.1) is 5.82 Å². The molecule has 2 aromatic rings. The molecule has 0 aliphatic carbocycles. The summed E-state index contributed by atoms with van der Waals surface area (Å²) in [5.74, 6) is -0.725. The number of hydrogen-bond acceptors (Lipinski definition) is 1. The predicted octanol–water partition coefficient (Wildman–Crippen LogP) is 3.22. The Labute approximate surface area is 118 Å². The van der Waals surface area contributed by atoms with Crippen molar-refractivity contribution in [2.75, 3.05) is 6.54 Å². The smallest absolute Gasteiger partial charge is 0.257 e. The fraction of sp³-hybridized carbons (Fsp3) is 0.312. The van der Waals surface area contributed by atoms with Crippen LogP contribution in [0.2, 0.25) is 0 Å². The van der Waals surface area contributed by atoms with Gasteiger partial charge in [0.05, 0.1) is 12.1 Å². The highest BCUT2D eigenvalue weighted by Gasteiger charge is 2.19. The third-order valence-electron chi connectivity index (χ3n) is 3.29. The molecule has 1 aromatic heterocycles. The van der Waals surface area contributed by atoms with E-state index in [-0.39, 0.29) is 11.5 Å². The zero-order chi connectivity index (χ0) is 14.5. The van der Waals surface area contributed by atoms with Gasteiger partial charge in [-0.25, -0.2) is 4.39 Å². The van der Waals surface area contributed by atoms with Crippen molar-refractivity contribution in [2.24, 2.45) is 7.05 Å².